The van der Waals surface area contributed by atoms with Crippen molar-refractivity contribution in [3.63, 3.8) is 0 Å². The highest BCUT2D eigenvalue weighted by molar-refractivity contribution is 9.10. The largest absolute Gasteiger partial charge is 0.496 e. The SMILES string of the molecule is COc1cc(N2CCCCC2)ccc1/C=N\NC(=O)c1cc(Br)ccc1OC. The van der Waals surface area contributed by atoms with Crippen molar-refractivity contribution in [1.29, 1.82) is 0 Å². The molecule has 1 amide bonds. The molecule has 2 aromatic carbocycles. The van der Waals surface area contributed by atoms with Crippen LogP contribution in [0.1, 0.15) is 35.2 Å². The molecule has 0 aliphatic carbocycles. The van der Waals surface area contributed by atoms with E-state index in [2.05, 4.69) is 37.4 Å². The summed E-state index contributed by atoms with van der Waals surface area (Å²) >= 11 is 3.36. The first-order valence-electron chi connectivity index (χ1n) is 9.22. The Morgan fingerprint density at radius 2 is 1.82 bits per heavy atom. The Balaban J connectivity index is 1.71. The molecule has 1 aliphatic rings. The number of hydrazone groups is 1. The van der Waals surface area contributed by atoms with Crippen LogP contribution in [0.2, 0.25) is 0 Å². The number of anilines is 1. The molecule has 6 nitrogen and oxygen atoms in total. The monoisotopic (exact) mass is 445 g/mol. The van der Waals surface area contributed by atoms with E-state index in [0.717, 1.165) is 34.6 Å². The third-order valence-corrected chi connectivity index (χ3v) is 5.21. The molecule has 148 valence electrons. The highest BCUT2D eigenvalue weighted by Gasteiger charge is 2.14. The van der Waals surface area contributed by atoms with Crippen molar-refractivity contribution in [3.8, 4) is 11.5 Å². The zero-order chi connectivity index (χ0) is 19.9. The third-order valence-electron chi connectivity index (χ3n) is 4.71. The van der Waals surface area contributed by atoms with E-state index in [1.165, 1.54) is 26.4 Å². The second-order valence-corrected chi connectivity index (χ2v) is 7.43. The van der Waals surface area contributed by atoms with E-state index in [9.17, 15) is 4.79 Å². The minimum atomic E-state index is -0.349. The van der Waals surface area contributed by atoms with E-state index in [1.54, 1.807) is 25.5 Å². The molecular weight excluding hydrogens is 422 g/mol. The van der Waals surface area contributed by atoms with Crippen LogP contribution in [0.25, 0.3) is 0 Å². The molecule has 1 heterocycles. The number of piperidine rings is 1. The van der Waals surface area contributed by atoms with Crippen LogP contribution in [0, 0.1) is 0 Å². The van der Waals surface area contributed by atoms with Gasteiger partial charge in [0.1, 0.15) is 11.5 Å². The molecule has 1 N–H and O–H groups in total. The molecule has 0 bridgehead atoms. The van der Waals surface area contributed by atoms with Gasteiger partial charge in [-0.25, -0.2) is 5.43 Å². The van der Waals surface area contributed by atoms with Crippen LogP contribution in [0.3, 0.4) is 0 Å². The molecule has 0 unspecified atom stereocenters. The summed E-state index contributed by atoms with van der Waals surface area (Å²) in [5.74, 6) is 0.860. The van der Waals surface area contributed by atoms with Crippen molar-refractivity contribution < 1.29 is 14.3 Å². The van der Waals surface area contributed by atoms with Gasteiger partial charge in [0.05, 0.1) is 26.0 Å². The third kappa shape index (κ3) is 4.84. The van der Waals surface area contributed by atoms with Gasteiger partial charge < -0.3 is 14.4 Å². The molecule has 0 saturated carbocycles. The van der Waals surface area contributed by atoms with Crippen molar-refractivity contribution in [1.82, 2.24) is 5.43 Å². The lowest BCUT2D eigenvalue weighted by Gasteiger charge is -2.29. The fourth-order valence-electron chi connectivity index (χ4n) is 3.23. The van der Waals surface area contributed by atoms with Gasteiger partial charge in [0, 0.05) is 34.9 Å². The first kappa shape index (κ1) is 20.2. The summed E-state index contributed by atoms with van der Waals surface area (Å²) in [5.41, 5.74) is 4.89. The van der Waals surface area contributed by atoms with Crippen LogP contribution >= 0.6 is 15.9 Å². The average molecular weight is 446 g/mol. The Morgan fingerprint density at radius 1 is 1.07 bits per heavy atom. The number of nitrogens with zero attached hydrogens (tertiary/aromatic N) is 2. The molecule has 1 fully saturated rings. The molecule has 0 spiro atoms. The highest BCUT2D eigenvalue weighted by atomic mass is 79.9. The van der Waals surface area contributed by atoms with Crippen molar-refractivity contribution >= 4 is 33.7 Å². The normalized spacial score (nSPS) is 14.2. The van der Waals surface area contributed by atoms with Crippen molar-refractivity contribution in [2.75, 3.05) is 32.2 Å². The minimum Gasteiger partial charge on any atom is -0.496 e. The lowest BCUT2D eigenvalue weighted by molar-refractivity contribution is 0.0952. The summed E-state index contributed by atoms with van der Waals surface area (Å²) in [6.45, 7) is 2.14. The van der Waals surface area contributed by atoms with Crippen LogP contribution in [0.15, 0.2) is 46.0 Å². The summed E-state index contributed by atoms with van der Waals surface area (Å²) in [4.78, 5) is 14.8. The van der Waals surface area contributed by atoms with E-state index in [4.69, 9.17) is 9.47 Å². The summed E-state index contributed by atoms with van der Waals surface area (Å²) in [5, 5.41) is 4.08. The number of ether oxygens (including phenoxy) is 2. The van der Waals surface area contributed by atoms with E-state index in [-0.39, 0.29) is 5.91 Å². The number of benzene rings is 2. The number of nitrogens with one attached hydrogen (secondary N) is 1. The Kier molecular flexibility index (Phi) is 6.92. The van der Waals surface area contributed by atoms with Crippen molar-refractivity contribution in [2.45, 2.75) is 19.3 Å². The first-order valence-corrected chi connectivity index (χ1v) is 10.0. The molecule has 28 heavy (non-hydrogen) atoms. The number of amides is 1. The van der Waals surface area contributed by atoms with E-state index in [1.807, 2.05) is 18.2 Å². The summed E-state index contributed by atoms with van der Waals surface area (Å²) in [6.07, 6.45) is 5.31. The van der Waals surface area contributed by atoms with Gasteiger partial charge in [0.25, 0.3) is 5.91 Å². The smallest absolute Gasteiger partial charge is 0.275 e. The molecule has 1 saturated heterocycles. The molecule has 0 aromatic heterocycles. The summed E-state index contributed by atoms with van der Waals surface area (Å²) < 4.78 is 11.5. The molecule has 0 atom stereocenters. The first-order chi connectivity index (χ1) is 13.6. The number of carbonyl (C=O) groups is 1. The van der Waals surface area contributed by atoms with Gasteiger partial charge >= 0.3 is 0 Å². The number of methoxy groups -OCH3 is 2. The molecular formula is C21H24BrN3O3. The van der Waals surface area contributed by atoms with Gasteiger partial charge in [-0.15, -0.1) is 0 Å². The molecule has 3 rings (SSSR count). The van der Waals surface area contributed by atoms with E-state index >= 15 is 0 Å². The molecule has 2 aromatic rings. The number of hydrogen-bond donors (Lipinski definition) is 1. The predicted octanol–water partition coefficient (Wildman–Crippen LogP) is 4.22. The lowest BCUT2D eigenvalue weighted by Crippen LogP contribution is -2.29. The predicted molar refractivity (Wildman–Crippen MR) is 115 cm³/mol. The van der Waals surface area contributed by atoms with Crippen LogP contribution in [0.5, 0.6) is 11.5 Å². The van der Waals surface area contributed by atoms with Crippen molar-refractivity contribution in [2.24, 2.45) is 5.10 Å². The zero-order valence-electron chi connectivity index (χ0n) is 16.1. The summed E-state index contributed by atoms with van der Waals surface area (Å²) in [7, 11) is 3.16. The van der Waals surface area contributed by atoms with Gasteiger partial charge in [0.15, 0.2) is 0 Å². The van der Waals surface area contributed by atoms with Crippen LogP contribution < -0.4 is 19.8 Å². The van der Waals surface area contributed by atoms with Crippen LogP contribution in [-0.4, -0.2) is 39.4 Å². The van der Waals surface area contributed by atoms with E-state index < -0.39 is 0 Å². The van der Waals surface area contributed by atoms with Crippen molar-refractivity contribution in [3.05, 3.63) is 52.0 Å². The maximum atomic E-state index is 12.4. The molecule has 1 aliphatic heterocycles. The standard InChI is InChI=1S/C21H24BrN3O3/c1-27-19-9-7-16(22)12-18(19)21(26)24-23-14-15-6-8-17(13-20(15)28-2)25-10-4-3-5-11-25/h6-9,12-14H,3-5,10-11H2,1-2H3,(H,24,26)/b23-14-. The van der Waals surface area contributed by atoms with Crippen LogP contribution in [-0.2, 0) is 0 Å². The fraction of sp³-hybridized carbons (Fsp3) is 0.333. The van der Waals surface area contributed by atoms with Gasteiger partial charge in [0.2, 0.25) is 0 Å². The van der Waals surface area contributed by atoms with E-state index in [0.29, 0.717) is 11.3 Å². The number of rotatable bonds is 6. The topological polar surface area (TPSA) is 63.2 Å². The second-order valence-electron chi connectivity index (χ2n) is 6.52. The van der Waals surface area contributed by atoms with Crippen LogP contribution in [0.4, 0.5) is 5.69 Å². The lowest BCUT2D eigenvalue weighted by atomic mass is 10.1. The highest BCUT2D eigenvalue weighted by Crippen LogP contribution is 2.27. The molecule has 7 heteroatoms. The average Bonchev–Trinajstić information content (AvgIpc) is 2.74. The quantitative estimate of drug-likeness (QED) is 0.533. The Bertz CT molecular complexity index is 864. The molecule has 0 radical (unpaired) electrons. The Labute approximate surface area is 173 Å². The Hall–Kier alpha value is -2.54. The maximum Gasteiger partial charge on any atom is 0.275 e. The number of halogens is 1. The number of carbonyl (C=O) groups excluding carboxylic acids is 1. The second kappa shape index (κ2) is 9.59. The summed E-state index contributed by atoms with van der Waals surface area (Å²) in [6, 6.07) is 11.3. The fourth-order valence-corrected chi connectivity index (χ4v) is 3.59. The van der Waals surface area contributed by atoms with Gasteiger partial charge in [-0.1, -0.05) is 15.9 Å². The Morgan fingerprint density at radius 3 is 2.54 bits per heavy atom. The van der Waals surface area contributed by atoms with Gasteiger partial charge in [-0.3, -0.25) is 4.79 Å². The van der Waals surface area contributed by atoms with Gasteiger partial charge in [-0.05, 0) is 49.6 Å². The minimum absolute atomic E-state index is 0.349. The zero-order valence-corrected chi connectivity index (χ0v) is 17.7. The maximum absolute atomic E-state index is 12.4. The van der Waals surface area contributed by atoms with Gasteiger partial charge in [-0.2, -0.15) is 5.10 Å². The number of hydrogen-bond acceptors (Lipinski definition) is 5.